The number of amides is 1. The van der Waals surface area contributed by atoms with E-state index in [1.807, 2.05) is 30.3 Å². The van der Waals surface area contributed by atoms with E-state index in [4.69, 9.17) is 11.6 Å². The van der Waals surface area contributed by atoms with Crippen molar-refractivity contribution in [2.24, 2.45) is 0 Å². The number of carbonyl (C=O) groups is 1. The van der Waals surface area contributed by atoms with Crippen molar-refractivity contribution in [3.05, 3.63) is 70.4 Å². The molecular weight excluding hydrogens is 322 g/mol. The van der Waals surface area contributed by atoms with Crippen LogP contribution in [0, 0.1) is 0 Å². The zero-order valence-electron chi connectivity index (χ0n) is 13.1. The maximum Gasteiger partial charge on any atom is 0.255 e. The molecule has 1 atom stereocenters. The Morgan fingerprint density at radius 1 is 1.12 bits per heavy atom. The summed E-state index contributed by atoms with van der Waals surface area (Å²) in [4.78, 5) is 16.8. The molecule has 5 heteroatoms. The highest BCUT2D eigenvalue weighted by molar-refractivity contribution is 6.30. The van der Waals surface area contributed by atoms with Gasteiger partial charge in [-0.2, -0.15) is 0 Å². The van der Waals surface area contributed by atoms with Crippen LogP contribution in [0.4, 0.5) is 5.69 Å². The molecule has 4 nitrogen and oxygen atoms in total. The summed E-state index contributed by atoms with van der Waals surface area (Å²) in [6.07, 6.45) is 0.557. The Labute approximate surface area is 144 Å². The van der Waals surface area contributed by atoms with Crippen molar-refractivity contribution in [1.29, 1.82) is 0 Å². The van der Waals surface area contributed by atoms with Crippen LogP contribution in [0.1, 0.15) is 34.6 Å². The van der Waals surface area contributed by atoms with E-state index in [0.29, 0.717) is 10.7 Å². The first kappa shape index (κ1) is 15.0. The van der Waals surface area contributed by atoms with Gasteiger partial charge in [0.25, 0.3) is 5.91 Å². The van der Waals surface area contributed by atoms with Crippen molar-refractivity contribution in [3.63, 3.8) is 0 Å². The van der Waals surface area contributed by atoms with E-state index in [9.17, 15) is 4.79 Å². The maximum absolute atomic E-state index is 12.3. The summed E-state index contributed by atoms with van der Waals surface area (Å²) < 4.78 is 0. The van der Waals surface area contributed by atoms with Crippen LogP contribution < -0.4 is 10.6 Å². The van der Waals surface area contributed by atoms with Gasteiger partial charge in [0, 0.05) is 16.6 Å². The normalized spacial score (nSPS) is 16.4. The van der Waals surface area contributed by atoms with Crippen LogP contribution in [0.5, 0.6) is 0 Å². The van der Waals surface area contributed by atoms with Gasteiger partial charge < -0.3 is 10.6 Å². The number of halogens is 1. The average Bonchev–Trinajstić information content (AvgIpc) is 2.60. The number of aromatic nitrogens is 1. The highest BCUT2D eigenvalue weighted by Gasteiger charge is 2.26. The fraction of sp³-hybridized carbons (Fsp3) is 0.158. The molecule has 1 amide bonds. The number of hydrogen-bond donors (Lipinski definition) is 2. The predicted molar refractivity (Wildman–Crippen MR) is 96.4 cm³/mol. The number of carbonyl (C=O) groups excluding carboxylic acids is 1. The van der Waals surface area contributed by atoms with Gasteiger partial charge in [-0.15, -0.1) is 0 Å². The van der Waals surface area contributed by atoms with E-state index in [-0.39, 0.29) is 5.91 Å². The lowest BCUT2D eigenvalue weighted by Crippen LogP contribution is -2.38. The van der Waals surface area contributed by atoms with Crippen LogP contribution in [0.3, 0.4) is 0 Å². The number of nitrogens with one attached hydrogen (secondary N) is 2. The van der Waals surface area contributed by atoms with Gasteiger partial charge in [0.15, 0.2) is 0 Å². The second-order valence-corrected chi connectivity index (χ2v) is 6.20. The zero-order chi connectivity index (χ0) is 16.7. The lowest BCUT2D eigenvalue weighted by molar-refractivity contribution is 0.0935. The molecule has 1 aliphatic rings. The molecule has 0 unspecified atom stereocenters. The minimum atomic E-state index is -0.401. The molecule has 3 aromatic rings. The minimum absolute atomic E-state index is 0.118. The summed E-state index contributed by atoms with van der Waals surface area (Å²) in [5, 5.41) is 7.68. The Hall–Kier alpha value is -2.59. The number of pyridine rings is 1. The number of aryl methyl sites for hydroxylation is 1. The monoisotopic (exact) mass is 337 g/mol. The molecule has 0 saturated carbocycles. The summed E-state index contributed by atoms with van der Waals surface area (Å²) >= 11 is 6.38. The lowest BCUT2D eigenvalue weighted by atomic mass is 10.0. The van der Waals surface area contributed by atoms with Crippen LogP contribution in [0.2, 0.25) is 5.15 Å². The molecule has 1 aliphatic heterocycles. The molecule has 0 spiro atoms. The van der Waals surface area contributed by atoms with Crippen molar-refractivity contribution >= 4 is 34.1 Å². The van der Waals surface area contributed by atoms with Crippen molar-refractivity contribution in [1.82, 2.24) is 10.3 Å². The standard InChI is InChI=1S/C19H16ClN3O/c1-2-11-7-8-15-12(9-11)10-14(17(20)21-15)18-22-16-6-4-3-5-13(16)19(24)23-18/h3-10,18,22H,2H2,1H3,(H,23,24)/t18-/m0/s1. The molecule has 0 fully saturated rings. The second-order valence-electron chi connectivity index (χ2n) is 5.85. The third kappa shape index (κ3) is 2.49. The fourth-order valence-electron chi connectivity index (χ4n) is 3.00. The van der Waals surface area contributed by atoms with Crippen molar-refractivity contribution in [2.75, 3.05) is 5.32 Å². The predicted octanol–water partition coefficient (Wildman–Crippen LogP) is 4.30. The third-order valence-electron chi connectivity index (χ3n) is 4.33. The lowest BCUT2D eigenvalue weighted by Gasteiger charge is -2.28. The van der Waals surface area contributed by atoms with Gasteiger partial charge in [-0.05, 0) is 42.3 Å². The number of nitrogens with zero attached hydrogens (tertiary/aromatic N) is 1. The number of benzene rings is 2. The highest BCUT2D eigenvalue weighted by atomic mass is 35.5. The van der Waals surface area contributed by atoms with E-state index >= 15 is 0 Å². The van der Waals surface area contributed by atoms with Crippen LogP contribution in [0.25, 0.3) is 10.9 Å². The molecule has 0 saturated heterocycles. The molecule has 2 heterocycles. The van der Waals surface area contributed by atoms with Gasteiger partial charge in [-0.25, -0.2) is 4.98 Å². The summed E-state index contributed by atoms with van der Waals surface area (Å²) in [7, 11) is 0. The van der Waals surface area contributed by atoms with Gasteiger partial charge in [-0.1, -0.05) is 36.7 Å². The highest BCUT2D eigenvalue weighted by Crippen LogP contribution is 2.31. The first-order chi connectivity index (χ1) is 11.7. The third-order valence-corrected chi connectivity index (χ3v) is 4.63. The summed E-state index contributed by atoms with van der Waals surface area (Å²) in [5.41, 5.74) is 4.28. The Kier molecular flexibility index (Phi) is 3.62. The second kappa shape index (κ2) is 5.80. The van der Waals surface area contributed by atoms with Gasteiger partial charge in [-0.3, -0.25) is 4.79 Å². The Morgan fingerprint density at radius 3 is 2.79 bits per heavy atom. The Balaban J connectivity index is 1.79. The van der Waals surface area contributed by atoms with Crippen molar-refractivity contribution < 1.29 is 4.79 Å². The van der Waals surface area contributed by atoms with E-state index < -0.39 is 6.17 Å². The molecule has 120 valence electrons. The average molecular weight is 338 g/mol. The van der Waals surface area contributed by atoms with Crippen molar-refractivity contribution in [2.45, 2.75) is 19.5 Å². The van der Waals surface area contributed by atoms with E-state index in [0.717, 1.165) is 28.6 Å². The molecule has 1 aromatic heterocycles. The van der Waals surface area contributed by atoms with Gasteiger partial charge in [0.1, 0.15) is 11.3 Å². The number of rotatable bonds is 2. The number of para-hydroxylation sites is 1. The number of anilines is 1. The first-order valence-electron chi connectivity index (χ1n) is 7.91. The quantitative estimate of drug-likeness (QED) is 0.685. The maximum atomic E-state index is 12.3. The number of fused-ring (bicyclic) bond motifs is 2. The molecule has 2 aromatic carbocycles. The molecule has 24 heavy (non-hydrogen) atoms. The Bertz CT molecular complexity index is 954. The van der Waals surface area contributed by atoms with E-state index in [2.05, 4.69) is 34.7 Å². The van der Waals surface area contributed by atoms with Crippen LogP contribution in [0.15, 0.2) is 48.5 Å². The fourth-order valence-corrected chi connectivity index (χ4v) is 3.26. The summed E-state index contributed by atoms with van der Waals surface area (Å²) in [6, 6.07) is 15.6. The topological polar surface area (TPSA) is 54.0 Å². The molecule has 0 aliphatic carbocycles. The molecule has 4 rings (SSSR count). The van der Waals surface area contributed by atoms with Crippen LogP contribution >= 0.6 is 11.6 Å². The number of hydrogen-bond acceptors (Lipinski definition) is 3. The summed E-state index contributed by atoms with van der Waals surface area (Å²) in [5.74, 6) is -0.118. The first-order valence-corrected chi connectivity index (χ1v) is 8.29. The van der Waals surface area contributed by atoms with Gasteiger partial charge in [0.2, 0.25) is 0 Å². The van der Waals surface area contributed by atoms with E-state index in [1.54, 1.807) is 6.07 Å². The van der Waals surface area contributed by atoms with Crippen molar-refractivity contribution in [3.8, 4) is 0 Å². The SMILES string of the molecule is CCc1ccc2nc(Cl)c([C@@H]3NC(=O)c4ccccc4N3)cc2c1. The van der Waals surface area contributed by atoms with Crippen LogP contribution in [-0.4, -0.2) is 10.9 Å². The minimum Gasteiger partial charge on any atom is -0.361 e. The smallest absolute Gasteiger partial charge is 0.255 e. The largest absolute Gasteiger partial charge is 0.361 e. The summed E-state index contributed by atoms with van der Waals surface area (Å²) in [6.45, 7) is 2.12. The zero-order valence-corrected chi connectivity index (χ0v) is 13.9. The van der Waals surface area contributed by atoms with E-state index in [1.165, 1.54) is 5.56 Å². The molecule has 2 N–H and O–H groups in total. The molecule has 0 radical (unpaired) electrons. The van der Waals surface area contributed by atoms with Gasteiger partial charge >= 0.3 is 0 Å². The Morgan fingerprint density at radius 2 is 1.96 bits per heavy atom. The van der Waals surface area contributed by atoms with Crippen LogP contribution in [-0.2, 0) is 6.42 Å². The van der Waals surface area contributed by atoms with Gasteiger partial charge in [0.05, 0.1) is 11.1 Å². The molecular formula is C19H16ClN3O. The molecule has 0 bridgehead atoms.